The van der Waals surface area contributed by atoms with Crippen LogP contribution in [0.4, 0.5) is 5.95 Å². The van der Waals surface area contributed by atoms with Gasteiger partial charge < -0.3 is 19.2 Å². The molecule has 11 nitrogen and oxygen atoms in total. The number of hydrogen-bond acceptors (Lipinski definition) is 9. The van der Waals surface area contributed by atoms with Crippen LogP contribution in [0, 0.1) is 6.92 Å². The Morgan fingerprint density at radius 3 is 2.44 bits per heavy atom. The van der Waals surface area contributed by atoms with Gasteiger partial charge in [-0.05, 0) is 56.3 Å². The van der Waals surface area contributed by atoms with Crippen molar-refractivity contribution in [2.45, 2.75) is 13.8 Å². The molecule has 41 heavy (non-hydrogen) atoms. The van der Waals surface area contributed by atoms with Gasteiger partial charge in [0.2, 0.25) is 5.95 Å². The van der Waals surface area contributed by atoms with Gasteiger partial charge >= 0.3 is 5.97 Å². The topological polar surface area (TPSA) is 145 Å². The molecule has 0 radical (unpaired) electrons. The van der Waals surface area contributed by atoms with Crippen molar-refractivity contribution in [2.24, 2.45) is 0 Å². The molecule has 0 fully saturated rings. The summed E-state index contributed by atoms with van der Waals surface area (Å²) in [5.74, 6) is -0.127. The van der Waals surface area contributed by atoms with Crippen molar-refractivity contribution in [3.63, 3.8) is 0 Å². The van der Waals surface area contributed by atoms with Crippen molar-refractivity contribution in [1.29, 1.82) is 0 Å². The largest absolute Gasteiger partial charge is 0.493 e. The molecule has 0 saturated heterocycles. The van der Waals surface area contributed by atoms with Crippen molar-refractivity contribution >= 4 is 39.6 Å². The van der Waals surface area contributed by atoms with Crippen LogP contribution in [0.5, 0.6) is 11.5 Å². The number of aryl methyl sites for hydroxylation is 1. The number of ether oxygens (including phenoxy) is 3. The molecule has 0 saturated carbocycles. The Morgan fingerprint density at radius 1 is 0.927 bits per heavy atom. The molecule has 0 spiro atoms. The first-order chi connectivity index (χ1) is 19.9. The average Bonchev–Trinajstić information content (AvgIpc) is 2.99. The van der Waals surface area contributed by atoms with E-state index in [2.05, 4.69) is 25.8 Å². The normalized spacial score (nSPS) is 10.8. The Balaban J connectivity index is 1.51. The number of amides is 1. The van der Waals surface area contributed by atoms with E-state index in [1.807, 2.05) is 6.07 Å². The van der Waals surface area contributed by atoms with E-state index in [0.717, 1.165) is 0 Å². The van der Waals surface area contributed by atoms with Crippen molar-refractivity contribution < 1.29 is 23.8 Å². The number of pyridine rings is 1. The minimum Gasteiger partial charge on any atom is -0.493 e. The molecule has 0 aliphatic rings. The lowest BCUT2D eigenvalue weighted by Gasteiger charge is -2.15. The lowest BCUT2D eigenvalue weighted by Crippen LogP contribution is -2.31. The fourth-order valence-corrected chi connectivity index (χ4v) is 4.58. The fraction of sp³-hybridized carbons (Fsp3) is 0.167. The van der Waals surface area contributed by atoms with E-state index < -0.39 is 11.9 Å². The zero-order valence-corrected chi connectivity index (χ0v) is 22.8. The maximum absolute atomic E-state index is 13.3. The summed E-state index contributed by atoms with van der Waals surface area (Å²) >= 11 is 0. The number of aromatic nitrogens is 3. The minimum atomic E-state index is -0.586. The van der Waals surface area contributed by atoms with Gasteiger partial charge in [-0.2, -0.15) is 0 Å². The van der Waals surface area contributed by atoms with Crippen LogP contribution in [-0.4, -0.2) is 47.7 Å². The Kier molecular flexibility index (Phi) is 7.51. The zero-order chi connectivity index (χ0) is 29.1. The van der Waals surface area contributed by atoms with E-state index >= 15 is 0 Å². The number of nitrogens with one attached hydrogen (secondary N) is 3. The van der Waals surface area contributed by atoms with Crippen molar-refractivity contribution in [3.8, 4) is 22.8 Å². The summed E-state index contributed by atoms with van der Waals surface area (Å²) in [5, 5.41) is 0.918. The molecule has 1 amide bonds. The zero-order valence-electron chi connectivity index (χ0n) is 22.8. The molecule has 11 heteroatoms. The molecule has 3 aromatic carbocycles. The highest BCUT2D eigenvalue weighted by molar-refractivity contribution is 6.08. The first kappa shape index (κ1) is 27.1. The van der Waals surface area contributed by atoms with E-state index in [4.69, 9.17) is 14.2 Å². The fourth-order valence-electron chi connectivity index (χ4n) is 4.58. The second kappa shape index (κ2) is 11.3. The Morgan fingerprint density at radius 2 is 1.68 bits per heavy atom. The molecule has 0 unspecified atom stereocenters. The number of anilines is 1. The number of hydrazine groups is 1. The van der Waals surface area contributed by atoms with Gasteiger partial charge in [-0.15, -0.1) is 0 Å². The van der Waals surface area contributed by atoms with E-state index in [9.17, 15) is 14.4 Å². The summed E-state index contributed by atoms with van der Waals surface area (Å²) in [5.41, 5.74) is 7.75. The maximum Gasteiger partial charge on any atom is 0.342 e. The summed E-state index contributed by atoms with van der Waals surface area (Å²) in [6.07, 6.45) is 0. The van der Waals surface area contributed by atoms with Crippen LogP contribution in [0.2, 0.25) is 0 Å². The van der Waals surface area contributed by atoms with E-state index in [-0.39, 0.29) is 34.8 Å². The average molecular weight is 554 g/mol. The number of rotatable bonds is 8. The third kappa shape index (κ3) is 5.12. The van der Waals surface area contributed by atoms with Gasteiger partial charge in [-0.25, -0.2) is 14.8 Å². The molecule has 0 bridgehead atoms. The monoisotopic (exact) mass is 553 g/mol. The van der Waals surface area contributed by atoms with Crippen LogP contribution in [0.15, 0.2) is 65.5 Å². The van der Waals surface area contributed by atoms with Crippen LogP contribution in [0.1, 0.15) is 33.3 Å². The molecular weight excluding hydrogens is 526 g/mol. The van der Waals surface area contributed by atoms with Crippen LogP contribution >= 0.6 is 0 Å². The quantitative estimate of drug-likeness (QED) is 0.145. The number of methoxy groups -OCH3 is 2. The van der Waals surface area contributed by atoms with Crippen LogP contribution in [-0.2, 0) is 4.74 Å². The van der Waals surface area contributed by atoms with E-state index in [1.54, 1.807) is 68.4 Å². The molecule has 0 aliphatic carbocycles. The molecule has 208 valence electrons. The molecular formula is C30H27N5O6. The van der Waals surface area contributed by atoms with Gasteiger partial charge in [0.25, 0.3) is 5.91 Å². The predicted octanol–water partition coefficient (Wildman–Crippen LogP) is 4.40. The van der Waals surface area contributed by atoms with Crippen molar-refractivity contribution in [3.05, 3.63) is 87.7 Å². The number of fused-ring (bicyclic) bond motifs is 2. The number of aromatic amines is 1. The summed E-state index contributed by atoms with van der Waals surface area (Å²) in [6, 6.07) is 17.1. The second-order valence-electron chi connectivity index (χ2n) is 8.95. The molecule has 3 N–H and O–H groups in total. The van der Waals surface area contributed by atoms with Crippen molar-refractivity contribution in [1.82, 2.24) is 20.4 Å². The highest BCUT2D eigenvalue weighted by atomic mass is 16.5. The summed E-state index contributed by atoms with van der Waals surface area (Å²) in [6.45, 7) is 3.52. The molecule has 2 aromatic heterocycles. The Hall–Kier alpha value is -5.45. The number of carbonyl (C=O) groups is 2. The standard InChI is InChI=1S/C30H27N5O6/c1-5-41-29(38)24-16(2)31-30(33-25(24)17-13-14-22(39-3)23(15-17)40-4)35-34-28(37)20-11-8-10-19-26(20)32-21-12-7-6-9-18(21)27(19)36/h6-15H,5H2,1-4H3,(H,32,36)(H,34,37)(H,31,33,35). The Labute approximate surface area is 234 Å². The van der Waals surface area contributed by atoms with Gasteiger partial charge in [0, 0.05) is 21.9 Å². The highest BCUT2D eigenvalue weighted by Gasteiger charge is 2.23. The van der Waals surface area contributed by atoms with Gasteiger partial charge in [-0.1, -0.05) is 18.2 Å². The predicted molar refractivity (Wildman–Crippen MR) is 154 cm³/mol. The van der Waals surface area contributed by atoms with E-state index in [1.165, 1.54) is 14.2 Å². The third-order valence-electron chi connectivity index (χ3n) is 6.50. The van der Waals surface area contributed by atoms with Crippen molar-refractivity contribution in [2.75, 3.05) is 26.3 Å². The van der Waals surface area contributed by atoms with Gasteiger partial charge in [0.05, 0.1) is 43.3 Å². The molecule has 0 aliphatic heterocycles. The maximum atomic E-state index is 13.3. The lowest BCUT2D eigenvalue weighted by atomic mass is 10.0. The SMILES string of the molecule is CCOC(=O)c1c(C)nc(NNC(=O)c2cccc3c(=O)c4ccccc4[nH]c23)nc1-c1ccc(OC)c(OC)c1. The number of para-hydroxylation sites is 2. The first-order valence-electron chi connectivity index (χ1n) is 12.7. The second-order valence-corrected chi connectivity index (χ2v) is 8.95. The van der Waals surface area contributed by atoms with Crippen LogP contribution in [0.25, 0.3) is 33.1 Å². The Bertz CT molecular complexity index is 1870. The number of benzene rings is 3. The molecule has 0 atom stereocenters. The van der Waals surface area contributed by atoms with Gasteiger partial charge in [0.15, 0.2) is 16.9 Å². The summed E-state index contributed by atoms with van der Waals surface area (Å²) < 4.78 is 16.0. The number of hydrogen-bond donors (Lipinski definition) is 3. The molecule has 5 rings (SSSR count). The van der Waals surface area contributed by atoms with Crippen LogP contribution < -0.4 is 25.8 Å². The number of carbonyl (C=O) groups excluding carboxylic acids is 2. The third-order valence-corrected chi connectivity index (χ3v) is 6.50. The summed E-state index contributed by atoms with van der Waals surface area (Å²) in [7, 11) is 3.03. The highest BCUT2D eigenvalue weighted by Crippen LogP contribution is 2.34. The van der Waals surface area contributed by atoms with Crippen LogP contribution in [0.3, 0.4) is 0 Å². The van der Waals surface area contributed by atoms with Gasteiger partial charge in [-0.3, -0.25) is 20.4 Å². The number of esters is 1. The lowest BCUT2D eigenvalue weighted by molar-refractivity contribution is 0.0525. The molecule has 5 aromatic rings. The first-order valence-corrected chi connectivity index (χ1v) is 12.7. The van der Waals surface area contributed by atoms with E-state index in [0.29, 0.717) is 44.6 Å². The van der Waals surface area contributed by atoms with Gasteiger partial charge in [0.1, 0.15) is 5.56 Å². The smallest absolute Gasteiger partial charge is 0.342 e. The number of nitrogens with zero attached hydrogens (tertiary/aromatic N) is 2. The molecule has 2 heterocycles. The summed E-state index contributed by atoms with van der Waals surface area (Å²) in [4.78, 5) is 51.3. The number of H-pyrrole nitrogens is 1. The minimum absolute atomic E-state index is 0.0351.